The van der Waals surface area contributed by atoms with Gasteiger partial charge in [0, 0.05) is 55.7 Å². The van der Waals surface area contributed by atoms with Gasteiger partial charge in [0.05, 0.1) is 6.04 Å². The molecule has 0 fully saturated rings. The highest BCUT2D eigenvalue weighted by molar-refractivity contribution is 6.17. The largest absolute Gasteiger partial charge is 0.456 e. The summed E-state index contributed by atoms with van der Waals surface area (Å²) in [6, 6.07) is 59.4. The molecule has 6 heteroatoms. The molecule has 12 rings (SSSR count). The van der Waals surface area contributed by atoms with Gasteiger partial charge in [0.15, 0.2) is 6.17 Å². The number of para-hydroxylation sites is 3. The molecule has 1 N–H and O–H groups in total. The first kappa shape index (κ1) is 31.9. The molecular formula is C51H34N4O2. The lowest BCUT2D eigenvalue weighted by Gasteiger charge is -2.30. The quantitative estimate of drug-likeness (QED) is 0.191. The topological polar surface area (TPSA) is 66.3 Å². The summed E-state index contributed by atoms with van der Waals surface area (Å²) in [6.07, 6.45) is 3.91. The third-order valence-electron chi connectivity index (χ3n) is 11.7. The summed E-state index contributed by atoms with van der Waals surface area (Å²) in [4.78, 5) is 13.3. The maximum Gasteiger partial charge on any atom is 0.170 e. The monoisotopic (exact) mass is 734 g/mol. The van der Waals surface area contributed by atoms with Gasteiger partial charge in [-0.05, 0) is 65.2 Å². The van der Waals surface area contributed by atoms with Crippen molar-refractivity contribution < 1.29 is 8.83 Å². The summed E-state index contributed by atoms with van der Waals surface area (Å²) in [7, 11) is 0. The van der Waals surface area contributed by atoms with Crippen LogP contribution in [0.1, 0.15) is 45.7 Å². The fraction of sp³-hybridized carbons (Fsp3) is 0.0588. The maximum atomic E-state index is 6.71. The first-order valence-electron chi connectivity index (χ1n) is 19.4. The molecule has 3 atom stereocenters. The average Bonchev–Trinajstić information content (AvgIpc) is 3.96. The van der Waals surface area contributed by atoms with E-state index in [0.717, 1.165) is 72.6 Å². The van der Waals surface area contributed by atoms with Gasteiger partial charge in [0.25, 0.3) is 0 Å². The van der Waals surface area contributed by atoms with Gasteiger partial charge in [-0.3, -0.25) is 0 Å². The Morgan fingerprint density at radius 2 is 1.16 bits per heavy atom. The number of nitrogens with one attached hydrogen (secondary N) is 1. The van der Waals surface area contributed by atoms with E-state index in [0.29, 0.717) is 0 Å². The minimum absolute atomic E-state index is 0.0541. The molecule has 270 valence electrons. The highest BCUT2D eigenvalue weighted by Gasteiger charge is 2.44. The molecule has 9 aromatic rings. The van der Waals surface area contributed by atoms with Crippen LogP contribution in [0.25, 0.3) is 50.1 Å². The van der Waals surface area contributed by atoms with Gasteiger partial charge in [-0.1, -0.05) is 133 Å². The molecule has 6 nitrogen and oxygen atoms in total. The molecule has 4 heterocycles. The first-order valence-corrected chi connectivity index (χ1v) is 19.4. The zero-order valence-corrected chi connectivity index (χ0v) is 30.7. The van der Waals surface area contributed by atoms with Crippen LogP contribution in [0.15, 0.2) is 195 Å². The van der Waals surface area contributed by atoms with Crippen molar-refractivity contribution in [2.24, 2.45) is 9.98 Å². The Morgan fingerprint density at radius 3 is 2.02 bits per heavy atom. The fourth-order valence-electron chi connectivity index (χ4n) is 9.15. The van der Waals surface area contributed by atoms with Crippen LogP contribution in [0.5, 0.6) is 0 Å². The molecule has 2 aromatic heterocycles. The van der Waals surface area contributed by atoms with Crippen molar-refractivity contribution in [3.8, 4) is 11.1 Å². The minimum Gasteiger partial charge on any atom is -0.456 e. The number of amidine groups is 2. The van der Waals surface area contributed by atoms with Crippen molar-refractivity contribution in [2.45, 2.75) is 18.1 Å². The van der Waals surface area contributed by atoms with Crippen molar-refractivity contribution in [1.29, 1.82) is 0 Å². The van der Waals surface area contributed by atoms with Crippen LogP contribution in [0.3, 0.4) is 0 Å². The molecule has 3 unspecified atom stereocenters. The normalized spacial score (nSPS) is 18.2. The molecule has 0 saturated heterocycles. The standard InChI is InChI=1S/C51H34N4O2/c1-3-12-31(13-4-1)32-22-24-33(25-23-32)49-52-50(34-26-27-37-36-16-8-10-20-42(36)56-45(37)30-34)54-51(53-49)39-18-11-21-43-47(39)48-44(57-43)29-28-41-46(48)38-17-7-9-19-40(38)55(41)35-14-5-2-6-15-35/h1-30,41,46,51H,(H,52,53,54). The van der Waals surface area contributed by atoms with Crippen LogP contribution in [-0.4, -0.2) is 17.7 Å². The van der Waals surface area contributed by atoms with Crippen LogP contribution in [0.2, 0.25) is 0 Å². The van der Waals surface area contributed by atoms with Crippen molar-refractivity contribution in [3.05, 3.63) is 210 Å². The molecule has 0 spiro atoms. The lowest BCUT2D eigenvalue weighted by molar-refractivity contribution is 0.584. The van der Waals surface area contributed by atoms with Crippen molar-refractivity contribution in [3.63, 3.8) is 0 Å². The highest BCUT2D eigenvalue weighted by Crippen LogP contribution is 2.54. The zero-order valence-electron chi connectivity index (χ0n) is 30.7. The Labute approximate surface area is 328 Å². The lowest BCUT2D eigenvalue weighted by atomic mass is 9.81. The van der Waals surface area contributed by atoms with Crippen molar-refractivity contribution in [2.75, 3.05) is 4.90 Å². The Balaban J connectivity index is 1.03. The van der Waals surface area contributed by atoms with E-state index in [2.05, 4.69) is 168 Å². The molecule has 7 aromatic carbocycles. The number of rotatable bonds is 5. The van der Waals surface area contributed by atoms with Gasteiger partial charge in [0.1, 0.15) is 34.2 Å². The van der Waals surface area contributed by atoms with E-state index in [-0.39, 0.29) is 12.0 Å². The molecule has 57 heavy (non-hydrogen) atoms. The van der Waals surface area contributed by atoms with Gasteiger partial charge in [0.2, 0.25) is 0 Å². The third kappa shape index (κ3) is 5.04. The van der Waals surface area contributed by atoms with Crippen LogP contribution >= 0.6 is 0 Å². The van der Waals surface area contributed by atoms with Gasteiger partial charge < -0.3 is 19.1 Å². The second-order valence-corrected chi connectivity index (χ2v) is 14.9. The number of aliphatic imine (C=N–C) groups is 2. The Hall–Kier alpha value is -7.44. The summed E-state index contributed by atoms with van der Waals surface area (Å²) in [5.74, 6) is 2.42. The smallest absolute Gasteiger partial charge is 0.170 e. The van der Waals surface area contributed by atoms with E-state index in [1.54, 1.807) is 0 Å². The maximum absolute atomic E-state index is 6.71. The zero-order chi connectivity index (χ0) is 37.5. The predicted octanol–water partition coefficient (Wildman–Crippen LogP) is 12.2. The first-order chi connectivity index (χ1) is 28.2. The summed E-state index contributed by atoms with van der Waals surface area (Å²) < 4.78 is 13.1. The van der Waals surface area contributed by atoms with Crippen LogP contribution < -0.4 is 10.2 Å². The number of anilines is 2. The number of fused-ring (bicyclic) bond motifs is 10. The lowest BCUT2D eigenvalue weighted by Crippen LogP contribution is -2.36. The number of furan rings is 2. The Kier molecular flexibility index (Phi) is 7.01. The Morgan fingerprint density at radius 1 is 0.509 bits per heavy atom. The van der Waals surface area contributed by atoms with E-state index in [1.165, 1.54) is 28.1 Å². The van der Waals surface area contributed by atoms with Gasteiger partial charge in [-0.15, -0.1) is 0 Å². The summed E-state index contributed by atoms with van der Waals surface area (Å²) in [5.41, 5.74) is 12.6. The van der Waals surface area contributed by atoms with Gasteiger partial charge in [-0.25, -0.2) is 9.98 Å². The molecular weight excluding hydrogens is 701 g/mol. The van der Waals surface area contributed by atoms with E-state index >= 15 is 0 Å². The molecule has 3 aliphatic rings. The third-order valence-corrected chi connectivity index (χ3v) is 11.7. The van der Waals surface area contributed by atoms with Gasteiger partial charge in [-0.2, -0.15) is 0 Å². The van der Waals surface area contributed by atoms with Crippen LogP contribution in [0.4, 0.5) is 11.4 Å². The molecule has 2 aliphatic heterocycles. The van der Waals surface area contributed by atoms with Crippen LogP contribution in [-0.2, 0) is 0 Å². The van der Waals surface area contributed by atoms with E-state index in [9.17, 15) is 0 Å². The second kappa shape index (κ2) is 12.5. The van der Waals surface area contributed by atoms with E-state index in [4.69, 9.17) is 18.8 Å². The number of hydrogen-bond donors (Lipinski definition) is 1. The van der Waals surface area contributed by atoms with Crippen LogP contribution in [0, 0.1) is 0 Å². The average molecular weight is 735 g/mol. The Bertz CT molecular complexity index is 3120. The van der Waals surface area contributed by atoms with Crippen molar-refractivity contribution in [1.82, 2.24) is 5.32 Å². The second-order valence-electron chi connectivity index (χ2n) is 14.9. The molecule has 0 amide bonds. The SMILES string of the molecule is C1=CC2C(c3ccccc3N2c2ccccc2)c2c1oc1cccc(C3N=C(c4ccc(-c5ccccc5)cc4)NC(c4ccc5c(c4)oc4ccccc45)=N3)c21. The van der Waals surface area contributed by atoms with Gasteiger partial charge >= 0.3 is 0 Å². The minimum atomic E-state index is -0.548. The summed E-state index contributed by atoms with van der Waals surface area (Å²) in [5, 5.41) is 6.88. The highest BCUT2D eigenvalue weighted by atomic mass is 16.3. The molecule has 0 bridgehead atoms. The fourth-order valence-corrected chi connectivity index (χ4v) is 9.15. The molecule has 0 saturated carbocycles. The summed E-state index contributed by atoms with van der Waals surface area (Å²) >= 11 is 0. The predicted molar refractivity (Wildman–Crippen MR) is 230 cm³/mol. The number of benzene rings is 7. The number of hydrogen-bond acceptors (Lipinski definition) is 6. The van der Waals surface area contributed by atoms with Crippen molar-refractivity contribution >= 4 is 62.0 Å². The molecule has 0 radical (unpaired) electrons. The number of nitrogens with zero attached hydrogens (tertiary/aromatic N) is 3. The van der Waals surface area contributed by atoms with E-state index in [1.807, 2.05) is 24.3 Å². The van der Waals surface area contributed by atoms with E-state index < -0.39 is 6.17 Å². The summed E-state index contributed by atoms with van der Waals surface area (Å²) in [6.45, 7) is 0. The molecule has 1 aliphatic carbocycles.